The summed E-state index contributed by atoms with van der Waals surface area (Å²) in [6, 6.07) is 5.39. The van der Waals surface area contributed by atoms with E-state index in [-0.39, 0.29) is 5.75 Å². The van der Waals surface area contributed by atoms with Crippen LogP contribution in [0.3, 0.4) is 0 Å². The number of hydrogen-bond acceptors (Lipinski definition) is 4. The molecule has 0 aromatic heterocycles. The second-order valence-corrected chi connectivity index (χ2v) is 5.25. The topological polar surface area (TPSA) is 116 Å². The van der Waals surface area contributed by atoms with Crippen LogP contribution in [0.15, 0.2) is 24.3 Å². The number of anilines is 1. The standard InChI is InChI=1S/C8H10AsNO6/c11-5-8(12)10-6-1-3-7(4-2-6)16-9(13,14)15/h1-4,11H,5H2,(H,10,12)(H2,13,14,15). The third kappa shape index (κ3) is 4.50. The van der Waals surface area contributed by atoms with Crippen molar-refractivity contribution in [1.29, 1.82) is 0 Å². The van der Waals surface area contributed by atoms with Gasteiger partial charge in [0.1, 0.15) is 0 Å². The third-order valence-corrected chi connectivity index (χ3v) is 2.45. The van der Waals surface area contributed by atoms with Crippen molar-refractivity contribution in [3.63, 3.8) is 0 Å². The fourth-order valence-corrected chi connectivity index (χ4v) is 1.77. The van der Waals surface area contributed by atoms with Crippen molar-refractivity contribution in [3.8, 4) is 5.75 Å². The van der Waals surface area contributed by atoms with Crippen LogP contribution >= 0.6 is 0 Å². The fourth-order valence-electron chi connectivity index (χ4n) is 0.937. The van der Waals surface area contributed by atoms with Crippen LogP contribution in [0, 0.1) is 0 Å². The van der Waals surface area contributed by atoms with Crippen LogP contribution in [0.5, 0.6) is 5.75 Å². The normalized spacial score (nSPS) is 10.9. The van der Waals surface area contributed by atoms with Gasteiger partial charge in [-0.1, -0.05) is 0 Å². The average molecular weight is 291 g/mol. The number of carbonyl (C=O) groups is 1. The molecule has 16 heavy (non-hydrogen) atoms. The van der Waals surface area contributed by atoms with Crippen molar-refractivity contribution < 1.29 is 25.6 Å². The molecule has 0 bridgehead atoms. The van der Waals surface area contributed by atoms with Crippen LogP contribution in [-0.4, -0.2) is 40.3 Å². The first-order valence-electron chi connectivity index (χ1n) is 4.16. The van der Waals surface area contributed by atoms with Gasteiger partial charge in [0.05, 0.1) is 0 Å². The number of carbonyl (C=O) groups excluding carboxylic acids is 1. The van der Waals surface area contributed by atoms with Gasteiger partial charge < -0.3 is 0 Å². The summed E-state index contributed by atoms with van der Waals surface area (Å²) in [5.41, 5.74) is 0.393. The predicted octanol–water partition coefficient (Wildman–Crippen LogP) is -1.15. The maximum absolute atomic E-state index is 10.8. The summed E-state index contributed by atoms with van der Waals surface area (Å²) in [5, 5.41) is 10.8. The zero-order valence-corrected chi connectivity index (χ0v) is 9.91. The predicted molar refractivity (Wildman–Crippen MR) is 53.7 cm³/mol. The molecule has 0 radical (unpaired) electrons. The molecule has 1 aromatic carbocycles. The summed E-state index contributed by atoms with van der Waals surface area (Å²) in [6.45, 7) is -0.635. The molecule has 7 nitrogen and oxygen atoms in total. The van der Waals surface area contributed by atoms with Crippen molar-refractivity contribution >= 4 is 26.1 Å². The second-order valence-electron chi connectivity index (χ2n) is 2.81. The molecule has 0 atom stereocenters. The zero-order valence-electron chi connectivity index (χ0n) is 8.03. The number of nitrogens with one attached hydrogen (secondary N) is 1. The maximum atomic E-state index is 10.8. The van der Waals surface area contributed by atoms with Crippen molar-refractivity contribution in [2.24, 2.45) is 0 Å². The summed E-state index contributed by atoms with van der Waals surface area (Å²) >= 11 is -5.15. The molecule has 1 aromatic rings. The van der Waals surface area contributed by atoms with E-state index in [1.165, 1.54) is 24.3 Å². The van der Waals surface area contributed by atoms with E-state index in [1.54, 1.807) is 0 Å². The van der Waals surface area contributed by atoms with Gasteiger partial charge in [0, 0.05) is 0 Å². The SMILES string of the molecule is O=C(CO)Nc1ccc(O[As](=O)(O)O)cc1. The van der Waals surface area contributed by atoms with E-state index in [0.717, 1.165) is 0 Å². The fraction of sp³-hybridized carbons (Fsp3) is 0.125. The van der Waals surface area contributed by atoms with Crippen LogP contribution in [0.4, 0.5) is 5.69 Å². The number of aliphatic hydroxyl groups is 1. The molecular formula is C8H10AsNO6. The van der Waals surface area contributed by atoms with E-state index in [1.807, 2.05) is 0 Å². The average Bonchev–Trinajstić information content (AvgIpc) is 2.18. The number of aliphatic hydroxyl groups excluding tert-OH is 1. The van der Waals surface area contributed by atoms with Crippen molar-refractivity contribution in [2.45, 2.75) is 0 Å². The van der Waals surface area contributed by atoms with Gasteiger partial charge in [0.25, 0.3) is 0 Å². The Morgan fingerprint density at radius 2 is 1.88 bits per heavy atom. The second kappa shape index (κ2) is 5.18. The van der Waals surface area contributed by atoms with Crippen LogP contribution in [0.25, 0.3) is 0 Å². The molecule has 0 aliphatic carbocycles. The van der Waals surface area contributed by atoms with Crippen LogP contribution in [-0.2, 0) is 8.53 Å². The molecule has 88 valence electrons. The monoisotopic (exact) mass is 291 g/mol. The van der Waals surface area contributed by atoms with Gasteiger partial charge in [0.15, 0.2) is 0 Å². The van der Waals surface area contributed by atoms with E-state index in [0.29, 0.717) is 5.69 Å². The first-order chi connectivity index (χ1) is 7.40. The van der Waals surface area contributed by atoms with Crippen LogP contribution in [0.1, 0.15) is 0 Å². The Hall–Kier alpha value is -1.27. The quantitative estimate of drug-likeness (QED) is 0.520. The van der Waals surface area contributed by atoms with E-state index in [4.69, 9.17) is 13.3 Å². The summed E-state index contributed by atoms with van der Waals surface area (Å²) in [5.74, 6) is -0.567. The Bertz CT molecular complexity index is 411. The van der Waals surface area contributed by atoms with Gasteiger partial charge in [-0.25, -0.2) is 0 Å². The molecule has 0 spiro atoms. The third-order valence-electron chi connectivity index (χ3n) is 1.51. The van der Waals surface area contributed by atoms with Gasteiger partial charge in [0.2, 0.25) is 0 Å². The van der Waals surface area contributed by atoms with Gasteiger partial charge in [-0.3, -0.25) is 0 Å². The number of rotatable bonds is 4. The van der Waals surface area contributed by atoms with Crippen LogP contribution < -0.4 is 9.04 Å². The molecule has 1 rings (SSSR count). The minimum absolute atomic E-state index is 0.00879. The Labute approximate surface area is 94.0 Å². The van der Waals surface area contributed by atoms with Crippen LogP contribution in [0.2, 0.25) is 0 Å². The summed E-state index contributed by atoms with van der Waals surface area (Å²) in [7, 11) is 0. The molecule has 0 aliphatic rings. The summed E-state index contributed by atoms with van der Waals surface area (Å²) in [6.07, 6.45) is 0. The zero-order chi connectivity index (χ0) is 12.2. The first-order valence-corrected chi connectivity index (χ1v) is 7.38. The van der Waals surface area contributed by atoms with E-state index >= 15 is 0 Å². The molecular weight excluding hydrogens is 281 g/mol. The van der Waals surface area contributed by atoms with Gasteiger partial charge in [-0.2, -0.15) is 0 Å². The number of hydrogen-bond donors (Lipinski definition) is 4. The Morgan fingerprint density at radius 1 is 1.31 bits per heavy atom. The molecule has 0 unspecified atom stereocenters. The number of amides is 1. The Morgan fingerprint density at radius 3 is 2.31 bits per heavy atom. The Kier molecular flexibility index (Phi) is 4.14. The minimum atomic E-state index is -5.15. The number of benzene rings is 1. The van der Waals surface area contributed by atoms with Crippen molar-refractivity contribution in [2.75, 3.05) is 11.9 Å². The summed E-state index contributed by atoms with van der Waals surface area (Å²) in [4.78, 5) is 10.8. The molecule has 0 saturated carbocycles. The molecule has 0 aliphatic heterocycles. The van der Waals surface area contributed by atoms with E-state index in [2.05, 4.69) is 9.04 Å². The molecule has 0 heterocycles. The Balaban J connectivity index is 2.68. The van der Waals surface area contributed by atoms with Crippen molar-refractivity contribution in [1.82, 2.24) is 0 Å². The van der Waals surface area contributed by atoms with Gasteiger partial charge in [-0.05, 0) is 0 Å². The molecule has 0 saturated heterocycles. The molecule has 0 fully saturated rings. The first kappa shape index (κ1) is 12.8. The molecule has 4 N–H and O–H groups in total. The molecule has 8 heteroatoms. The van der Waals surface area contributed by atoms with E-state index in [9.17, 15) is 8.53 Å². The van der Waals surface area contributed by atoms with E-state index < -0.39 is 27.0 Å². The van der Waals surface area contributed by atoms with Gasteiger partial charge >= 0.3 is 93.6 Å². The van der Waals surface area contributed by atoms with Gasteiger partial charge in [-0.15, -0.1) is 0 Å². The molecule has 1 amide bonds. The van der Waals surface area contributed by atoms with Crippen molar-refractivity contribution in [3.05, 3.63) is 24.3 Å². The summed E-state index contributed by atoms with van der Waals surface area (Å²) < 4.78 is 32.0.